The molecular formula is C19H19N5O. The molecule has 6 nitrogen and oxygen atoms in total. The fourth-order valence-electron chi connectivity index (χ4n) is 3.95. The molecule has 2 heterocycles. The number of nitriles is 3. The van der Waals surface area contributed by atoms with Gasteiger partial charge in [0.1, 0.15) is 6.07 Å². The Morgan fingerprint density at radius 1 is 1.32 bits per heavy atom. The zero-order chi connectivity index (χ0) is 18.2. The molecule has 2 N–H and O–H groups in total. The summed E-state index contributed by atoms with van der Waals surface area (Å²) in [5, 5.41) is 29.4. The van der Waals surface area contributed by atoms with Crippen LogP contribution in [0.3, 0.4) is 0 Å². The summed E-state index contributed by atoms with van der Waals surface area (Å²) in [6.45, 7) is 5.58. The van der Waals surface area contributed by atoms with Gasteiger partial charge in [0.15, 0.2) is 5.41 Å². The smallest absolute Gasteiger partial charge is 0.191 e. The van der Waals surface area contributed by atoms with Gasteiger partial charge in [0, 0.05) is 31.0 Å². The van der Waals surface area contributed by atoms with Crippen molar-refractivity contribution < 1.29 is 4.42 Å². The van der Waals surface area contributed by atoms with Gasteiger partial charge in [-0.15, -0.1) is 0 Å². The molecule has 2 aliphatic rings. The maximum absolute atomic E-state index is 9.90. The molecule has 2 atom stereocenters. The highest BCUT2D eigenvalue weighted by Gasteiger charge is 2.54. The van der Waals surface area contributed by atoms with Gasteiger partial charge in [0.05, 0.1) is 35.9 Å². The van der Waals surface area contributed by atoms with Crippen LogP contribution in [0.4, 0.5) is 0 Å². The molecule has 0 aromatic carbocycles. The van der Waals surface area contributed by atoms with Gasteiger partial charge < -0.3 is 10.2 Å². The lowest BCUT2D eigenvalue weighted by Crippen LogP contribution is -2.49. The van der Waals surface area contributed by atoms with Crippen molar-refractivity contribution in [1.29, 1.82) is 15.8 Å². The van der Waals surface area contributed by atoms with Gasteiger partial charge in [-0.2, -0.15) is 15.8 Å². The Hall–Kier alpha value is -3.01. The van der Waals surface area contributed by atoms with Gasteiger partial charge in [-0.05, 0) is 31.1 Å². The average Bonchev–Trinajstić information content (AvgIpc) is 3.14. The highest BCUT2D eigenvalue weighted by atomic mass is 16.3. The average molecular weight is 333 g/mol. The van der Waals surface area contributed by atoms with Crippen molar-refractivity contribution in [2.45, 2.75) is 25.8 Å². The predicted octanol–water partition coefficient (Wildman–Crippen LogP) is 2.41. The van der Waals surface area contributed by atoms with Crippen LogP contribution in [0, 0.1) is 45.3 Å². The number of furan rings is 1. The minimum atomic E-state index is -1.59. The van der Waals surface area contributed by atoms with Crippen LogP contribution >= 0.6 is 0 Å². The largest absolute Gasteiger partial charge is 0.472 e. The van der Waals surface area contributed by atoms with E-state index in [1.54, 1.807) is 12.3 Å². The number of nitrogens with two attached hydrogens (primary N) is 1. The van der Waals surface area contributed by atoms with Crippen molar-refractivity contribution in [1.82, 2.24) is 4.90 Å². The van der Waals surface area contributed by atoms with E-state index in [9.17, 15) is 15.8 Å². The van der Waals surface area contributed by atoms with E-state index in [2.05, 4.69) is 37.0 Å². The summed E-state index contributed by atoms with van der Waals surface area (Å²) in [5.74, 6) is -0.652. The number of nitrogens with zero attached hydrogens (tertiary/aromatic N) is 4. The molecule has 0 spiro atoms. The Labute approximate surface area is 147 Å². The van der Waals surface area contributed by atoms with E-state index < -0.39 is 11.3 Å². The van der Waals surface area contributed by atoms with E-state index in [4.69, 9.17) is 10.2 Å². The lowest BCUT2D eigenvalue weighted by molar-refractivity contribution is 0.174. The fourth-order valence-corrected chi connectivity index (χ4v) is 3.95. The molecule has 0 fully saturated rings. The standard InChI is InChI=1S/C19H19N5O/c1-12(2)24-5-3-14-15(7-20)18(23)19(10-21,11-22)17(16(14)8-24)13-4-6-25-9-13/h3-4,6,9,12,16-17H,5,8,23H2,1-2H3. The lowest BCUT2D eigenvalue weighted by Gasteiger charge is -2.46. The second kappa shape index (κ2) is 6.13. The van der Waals surface area contributed by atoms with Crippen LogP contribution in [-0.4, -0.2) is 24.0 Å². The summed E-state index contributed by atoms with van der Waals surface area (Å²) in [7, 11) is 0. The Balaban J connectivity index is 2.28. The zero-order valence-corrected chi connectivity index (χ0v) is 14.2. The minimum Gasteiger partial charge on any atom is -0.472 e. The van der Waals surface area contributed by atoms with Crippen LogP contribution in [0.1, 0.15) is 25.3 Å². The third-order valence-electron chi connectivity index (χ3n) is 5.33. The van der Waals surface area contributed by atoms with Crippen LogP contribution in [0.25, 0.3) is 0 Å². The molecule has 126 valence electrons. The zero-order valence-electron chi connectivity index (χ0n) is 14.2. The van der Waals surface area contributed by atoms with E-state index in [-0.39, 0.29) is 17.2 Å². The molecule has 6 heteroatoms. The second-order valence-corrected chi connectivity index (χ2v) is 6.78. The number of fused-ring (bicyclic) bond motifs is 1. The maximum Gasteiger partial charge on any atom is 0.191 e. The molecule has 0 bridgehead atoms. The summed E-state index contributed by atoms with van der Waals surface area (Å²) in [6, 6.07) is 8.44. The molecular weight excluding hydrogens is 314 g/mol. The fraction of sp³-hybridized carbons (Fsp3) is 0.421. The van der Waals surface area contributed by atoms with Crippen LogP contribution in [0.15, 0.2) is 45.9 Å². The molecule has 2 unspecified atom stereocenters. The van der Waals surface area contributed by atoms with Crippen molar-refractivity contribution in [2.75, 3.05) is 13.1 Å². The lowest BCUT2D eigenvalue weighted by atomic mass is 9.58. The van der Waals surface area contributed by atoms with Crippen LogP contribution in [-0.2, 0) is 0 Å². The number of hydrogen-bond acceptors (Lipinski definition) is 6. The first kappa shape index (κ1) is 16.8. The summed E-state index contributed by atoms with van der Waals surface area (Å²) in [4.78, 5) is 2.26. The molecule has 3 rings (SSSR count). The third kappa shape index (κ3) is 2.33. The van der Waals surface area contributed by atoms with Gasteiger partial charge in [-0.1, -0.05) is 6.08 Å². The molecule has 0 radical (unpaired) electrons. The maximum atomic E-state index is 9.90. The van der Waals surface area contributed by atoms with Gasteiger partial charge in [0.25, 0.3) is 0 Å². The Morgan fingerprint density at radius 2 is 2.04 bits per heavy atom. The van der Waals surface area contributed by atoms with Crippen LogP contribution < -0.4 is 5.73 Å². The molecule has 0 saturated carbocycles. The van der Waals surface area contributed by atoms with Gasteiger partial charge in [-0.25, -0.2) is 0 Å². The number of rotatable bonds is 2. The first-order valence-corrected chi connectivity index (χ1v) is 8.19. The molecule has 1 aliphatic heterocycles. The molecule has 0 saturated heterocycles. The van der Waals surface area contributed by atoms with E-state index in [0.717, 1.165) is 11.1 Å². The molecule has 1 aromatic rings. The van der Waals surface area contributed by atoms with E-state index in [1.807, 2.05) is 6.08 Å². The van der Waals surface area contributed by atoms with Gasteiger partial charge in [-0.3, -0.25) is 4.90 Å². The van der Waals surface area contributed by atoms with E-state index >= 15 is 0 Å². The molecule has 25 heavy (non-hydrogen) atoms. The molecule has 1 aromatic heterocycles. The summed E-state index contributed by atoms with van der Waals surface area (Å²) >= 11 is 0. The highest BCUT2D eigenvalue weighted by Crippen LogP contribution is 2.54. The van der Waals surface area contributed by atoms with Crippen molar-refractivity contribution in [3.63, 3.8) is 0 Å². The number of hydrogen-bond donors (Lipinski definition) is 1. The molecule has 0 amide bonds. The first-order valence-electron chi connectivity index (χ1n) is 8.19. The molecule has 1 aliphatic carbocycles. The Kier molecular flexibility index (Phi) is 4.13. The van der Waals surface area contributed by atoms with Crippen LogP contribution in [0.2, 0.25) is 0 Å². The Morgan fingerprint density at radius 3 is 2.56 bits per heavy atom. The van der Waals surface area contributed by atoms with Crippen molar-refractivity contribution in [2.24, 2.45) is 17.1 Å². The SMILES string of the molecule is CC(C)N1CC=C2C(C#N)=C(N)C(C#N)(C#N)C(c3ccoc3)C2C1. The summed E-state index contributed by atoms with van der Waals surface area (Å²) in [5.41, 5.74) is 6.54. The second-order valence-electron chi connectivity index (χ2n) is 6.78. The normalized spacial score (nSPS) is 25.5. The Bertz CT molecular complexity index is 843. The minimum absolute atomic E-state index is 0.0479. The topological polar surface area (TPSA) is 114 Å². The summed E-state index contributed by atoms with van der Waals surface area (Å²) < 4.78 is 5.22. The van der Waals surface area contributed by atoms with Crippen molar-refractivity contribution in [3.05, 3.63) is 47.1 Å². The number of allylic oxidation sites excluding steroid dienone is 2. The monoisotopic (exact) mass is 333 g/mol. The van der Waals surface area contributed by atoms with Crippen molar-refractivity contribution >= 4 is 0 Å². The van der Waals surface area contributed by atoms with Crippen molar-refractivity contribution in [3.8, 4) is 18.2 Å². The summed E-state index contributed by atoms with van der Waals surface area (Å²) in [6.07, 6.45) is 5.09. The predicted molar refractivity (Wildman–Crippen MR) is 90.2 cm³/mol. The third-order valence-corrected chi connectivity index (χ3v) is 5.33. The van der Waals surface area contributed by atoms with Gasteiger partial charge >= 0.3 is 0 Å². The first-order chi connectivity index (χ1) is 12.0. The van der Waals surface area contributed by atoms with Gasteiger partial charge in [0.2, 0.25) is 0 Å². The van der Waals surface area contributed by atoms with E-state index in [1.165, 1.54) is 6.26 Å². The van der Waals surface area contributed by atoms with E-state index in [0.29, 0.717) is 19.1 Å². The van der Waals surface area contributed by atoms with Crippen LogP contribution in [0.5, 0.6) is 0 Å². The quantitative estimate of drug-likeness (QED) is 0.889. The highest BCUT2D eigenvalue weighted by molar-refractivity contribution is 5.59.